The van der Waals surface area contributed by atoms with Gasteiger partial charge in [0.1, 0.15) is 6.17 Å². The van der Waals surface area contributed by atoms with Gasteiger partial charge < -0.3 is 0 Å². The van der Waals surface area contributed by atoms with Crippen LogP contribution in [0.2, 0.25) is 0 Å². The molecule has 3 rings (SSSR count). The average molecular weight is 205 g/mol. The molecule has 0 radical (unpaired) electrons. The minimum atomic E-state index is 0.123. The van der Waals surface area contributed by atoms with Gasteiger partial charge >= 0.3 is 0 Å². The van der Waals surface area contributed by atoms with E-state index in [-0.39, 0.29) is 6.17 Å². The zero-order chi connectivity index (χ0) is 9.38. The van der Waals surface area contributed by atoms with Gasteiger partial charge in [0.15, 0.2) is 0 Å². The smallest absolute Gasteiger partial charge is 0.140 e. The fourth-order valence-corrected chi connectivity index (χ4v) is 2.62. The van der Waals surface area contributed by atoms with Gasteiger partial charge in [-0.15, -0.1) is 11.8 Å². The van der Waals surface area contributed by atoms with Crippen molar-refractivity contribution >= 4 is 23.2 Å². The number of hydrogen-bond acceptors (Lipinski definition) is 4. The predicted octanol–water partition coefficient (Wildman–Crippen LogP) is 0.997. The van der Waals surface area contributed by atoms with Crippen LogP contribution < -0.4 is 5.32 Å². The molecule has 0 saturated carbocycles. The fourth-order valence-electron chi connectivity index (χ4n) is 1.81. The first-order valence-corrected chi connectivity index (χ1v) is 5.88. The third-order valence-electron chi connectivity index (χ3n) is 2.54. The van der Waals surface area contributed by atoms with Gasteiger partial charge in [0.25, 0.3) is 0 Å². The Balaban J connectivity index is 1.83. The molecule has 0 aromatic rings. The highest BCUT2D eigenvalue weighted by atomic mass is 32.2. The van der Waals surface area contributed by atoms with Crippen LogP contribution in [0, 0.1) is 0 Å². The lowest BCUT2D eigenvalue weighted by molar-refractivity contribution is 0.693. The van der Waals surface area contributed by atoms with Gasteiger partial charge in [0.2, 0.25) is 0 Å². The van der Waals surface area contributed by atoms with Gasteiger partial charge in [-0.2, -0.15) is 0 Å². The summed E-state index contributed by atoms with van der Waals surface area (Å²) in [4.78, 5) is 9.05. The largest absolute Gasteiger partial charge is 0.279 e. The van der Waals surface area contributed by atoms with E-state index in [1.165, 1.54) is 5.71 Å². The van der Waals surface area contributed by atoms with E-state index >= 15 is 0 Å². The zero-order valence-corrected chi connectivity index (χ0v) is 8.50. The Labute approximate surface area is 87.1 Å². The fraction of sp³-hybridized carbons (Fsp3) is 0.400. The number of hydrogen-bond donors (Lipinski definition) is 1. The quantitative estimate of drug-likeness (QED) is 0.693. The van der Waals surface area contributed by atoms with Crippen LogP contribution in [0.4, 0.5) is 0 Å². The molecule has 0 spiro atoms. The van der Waals surface area contributed by atoms with Gasteiger partial charge in [-0.05, 0) is 6.08 Å². The molecule has 72 valence electrons. The van der Waals surface area contributed by atoms with Crippen LogP contribution in [-0.4, -0.2) is 35.3 Å². The number of thioether (sulfide) groups is 1. The first-order chi connectivity index (χ1) is 6.93. The summed E-state index contributed by atoms with van der Waals surface area (Å²) in [6.45, 7) is 0. The van der Waals surface area contributed by atoms with Crippen molar-refractivity contribution in [2.45, 2.75) is 12.2 Å². The Morgan fingerprint density at radius 2 is 2.43 bits per heavy atom. The third-order valence-corrected chi connectivity index (χ3v) is 3.35. The monoisotopic (exact) mass is 205 g/mol. The highest BCUT2D eigenvalue weighted by Gasteiger charge is 2.29. The second-order valence-corrected chi connectivity index (χ2v) is 4.43. The molecule has 0 fully saturated rings. The SMILES string of the molecule is C1=CC2=NC(C3=NCSC3)NC2C=C1. The molecular formula is C10H11N3S. The van der Waals surface area contributed by atoms with Crippen molar-refractivity contribution in [1.82, 2.24) is 5.32 Å². The minimum Gasteiger partial charge on any atom is -0.279 e. The van der Waals surface area contributed by atoms with E-state index in [2.05, 4.69) is 33.5 Å². The van der Waals surface area contributed by atoms with Gasteiger partial charge in [-0.3, -0.25) is 15.3 Å². The Bertz CT molecular complexity index is 368. The molecule has 2 atom stereocenters. The maximum atomic E-state index is 4.62. The van der Waals surface area contributed by atoms with Crippen LogP contribution in [0.1, 0.15) is 0 Å². The molecule has 0 saturated heterocycles. The number of fused-ring (bicyclic) bond motifs is 1. The Morgan fingerprint density at radius 1 is 1.43 bits per heavy atom. The molecule has 0 aromatic carbocycles. The van der Waals surface area contributed by atoms with Crippen molar-refractivity contribution in [3.8, 4) is 0 Å². The summed E-state index contributed by atoms with van der Waals surface area (Å²) in [5, 5.41) is 3.45. The second-order valence-electron chi connectivity index (χ2n) is 3.47. The first-order valence-electron chi connectivity index (χ1n) is 4.73. The van der Waals surface area contributed by atoms with Crippen molar-refractivity contribution in [2.75, 3.05) is 11.6 Å². The molecule has 2 unspecified atom stereocenters. The molecule has 0 bridgehead atoms. The molecule has 2 aliphatic heterocycles. The average Bonchev–Trinajstić information content (AvgIpc) is 2.86. The zero-order valence-electron chi connectivity index (χ0n) is 7.68. The van der Waals surface area contributed by atoms with Crippen molar-refractivity contribution in [3.05, 3.63) is 24.3 Å². The van der Waals surface area contributed by atoms with Crippen LogP contribution in [-0.2, 0) is 0 Å². The van der Waals surface area contributed by atoms with Crippen LogP contribution >= 0.6 is 11.8 Å². The normalized spacial score (nSPS) is 34.3. The maximum Gasteiger partial charge on any atom is 0.140 e. The Morgan fingerprint density at radius 3 is 3.21 bits per heavy atom. The Hall–Kier alpha value is -0.870. The number of allylic oxidation sites excluding steroid dienone is 2. The molecule has 0 amide bonds. The number of nitrogens with zero attached hydrogens (tertiary/aromatic N) is 2. The van der Waals surface area contributed by atoms with Gasteiger partial charge in [0, 0.05) is 5.75 Å². The standard InChI is InChI=1S/C10H11N3S/c1-2-4-8-7(3-1)12-10(13-8)9-5-14-6-11-9/h1-4,7,10,12H,5-6H2. The lowest BCUT2D eigenvalue weighted by Gasteiger charge is -2.11. The summed E-state index contributed by atoms with van der Waals surface area (Å²) in [6.07, 6.45) is 8.42. The summed E-state index contributed by atoms with van der Waals surface area (Å²) in [7, 11) is 0. The van der Waals surface area contributed by atoms with Gasteiger partial charge in [0.05, 0.1) is 23.3 Å². The maximum absolute atomic E-state index is 4.62. The topological polar surface area (TPSA) is 36.8 Å². The lowest BCUT2D eigenvalue weighted by atomic mass is 10.1. The highest BCUT2D eigenvalue weighted by Crippen LogP contribution is 2.18. The molecule has 4 heteroatoms. The summed E-state index contributed by atoms with van der Waals surface area (Å²) in [6, 6.07) is 0.304. The summed E-state index contributed by atoms with van der Waals surface area (Å²) >= 11 is 1.85. The molecule has 1 aliphatic carbocycles. The number of nitrogens with one attached hydrogen (secondary N) is 1. The molecule has 2 heterocycles. The van der Waals surface area contributed by atoms with Crippen LogP contribution in [0.15, 0.2) is 34.3 Å². The van der Waals surface area contributed by atoms with E-state index in [0.29, 0.717) is 6.04 Å². The van der Waals surface area contributed by atoms with Crippen LogP contribution in [0.25, 0.3) is 0 Å². The van der Waals surface area contributed by atoms with E-state index in [1.54, 1.807) is 0 Å². The van der Waals surface area contributed by atoms with E-state index < -0.39 is 0 Å². The van der Waals surface area contributed by atoms with Gasteiger partial charge in [-0.25, -0.2) is 0 Å². The lowest BCUT2D eigenvalue weighted by Crippen LogP contribution is -2.37. The summed E-state index contributed by atoms with van der Waals surface area (Å²) < 4.78 is 0. The second kappa shape index (κ2) is 3.37. The van der Waals surface area contributed by atoms with Crippen molar-refractivity contribution < 1.29 is 0 Å². The number of rotatable bonds is 1. The van der Waals surface area contributed by atoms with E-state index in [1.807, 2.05) is 17.8 Å². The van der Waals surface area contributed by atoms with Gasteiger partial charge in [-0.1, -0.05) is 18.2 Å². The van der Waals surface area contributed by atoms with Crippen LogP contribution in [0.5, 0.6) is 0 Å². The van der Waals surface area contributed by atoms with E-state index in [9.17, 15) is 0 Å². The van der Waals surface area contributed by atoms with Crippen molar-refractivity contribution in [1.29, 1.82) is 0 Å². The first kappa shape index (κ1) is 8.44. The molecule has 14 heavy (non-hydrogen) atoms. The summed E-state index contributed by atoms with van der Waals surface area (Å²) in [5.74, 6) is 1.92. The third kappa shape index (κ3) is 1.35. The van der Waals surface area contributed by atoms with E-state index in [0.717, 1.165) is 17.3 Å². The molecule has 1 N–H and O–H groups in total. The van der Waals surface area contributed by atoms with Crippen molar-refractivity contribution in [3.63, 3.8) is 0 Å². The van der Waals surface area contributed by atoms with Crippen LogP contribution in [0.3, 0.4) is 0 Å². The molecular weight excluding hydrogens is 194 g/mol. The highest BCUT2D eigenvalue weighted by molar-refractivity contribution is 8.00. The molecule has 3 aliphatic rings. The predicted molar refractivity (Wildman–Crippen MR) is 61.2 cm³/mol. The molecule has 0 aromatic heterocycles. The Kier molecular flexibility index (Phi) is 2.03. The summed E-state index contributed by atoms with van der Waals surface area (Å²) in [5.41, 5.74) is 2.33. The van der Waals surface area contributed by atoms with Crippen molar-refractivity contribution in [2.24, 2.45) is 9.98 Å². The minimum absolute atomic E-state index is 0.123. The molecule has 3 nitrogen and oxygen atoms in total. The van der Waals surface area contributed by atoms with E-state index in [4.69, 9.17) is 0 Å². The number of aliphatic imine (C=N–C) groups is 2.